The molecule has 4 unspecified atom stereocenters. The van der Waals surface area contributed by atoms with Crippen molar-refractivity contribution in [2.24, 2.45) is 17.2 Å². The van der Waals surface area contributed by atoms with Gasteiger partial charge in [-0.15, -0.1) is 0 Å². The fourth-order valence-corrected chi connectivity index (χ4v) is 9.42. The molecule has 0 radical (unpaired) electrons. The van der Waals surface area contributed by atoms with E-state index in [0.29, 0.717) is 9.80 Å². The van der Waals surface area contributed by atoms with Crippen LogP contribution in [0, 0.1) is 30.3 Å². The molecule has 0 spiro atoms. The Labute approximate surface area is 509 Å². The Hall–Kier alpha value is -13.0. The molecule has 0 aromatic heterocycles. The smallest absolute Gasteiger partial charge is 0.353 e. The second kappa shape index (κ2) is 28.2. The summed E-state index contributed by atoms with van der Waals surface area (Å²) in [6.45, 7) is 0. The molecule has 7 heterocycles. The number of hydrogen-bond donors (Lipinski definition) is 8. The minimum absolute atomic E-state index is 0.00390. The second-order valence-electron chi connectivity index (χ2n) is 19.3. The number of nitro benzene ring substituents is 3. The minimum atomic E-state index is -1.25. The van der Waals surface area contributed by atoms with Crippen LogP contribution in [0.5, 0.6) is 0 Å². The van der Waals surface area contributed by atoms with E-state index >= 15 is 0 Å². The molecule has 3 saturated heterocycles. The Bertz CT molecular complexity index is 3860. The molecular formula is C53H44N12O27. The number of piperidine rings is 2. The van der Waals surface area contributed by atoms with Gasteiger partial charge in [-0.05, 0) is 56.0 Å². The van der Waals surface area contributed by atoms with E-state index in [1.165, 1.54) is 48.5 Å². The van der Waals surface area contributed by atoms with Gasteiger partial charge in [0.25, 0.3) is 52.5 Å². The highest BCUT2D eigenvalue weighted by molar-refractivity contribution is 6.27. The number of aliphatic carboxylic acids is 2. The van der Waals surface area contributed by atoms with Crippen molar-refractivity contribution in [1.82, 2.24) is 25.3 Å². The normalized spacial score (nSPS) is 18.5. The summed E-state index contributed by atoms with van der Waals surface area (Å²) in [6.07, 6.45) is -0.174. The number of cyclic esters (lactones) is 4. The third-order valence-corrected chi connectivity index (χ3v) is 13.5. The Morgan fingerprint density at radius 3 is 1.27 bits per heavy atom. The van der Waals surface area contributed by atoms with Crippen molar-refractivity contribution in [3.63, 3.8) is 0 Å². The minimum Gasteiger partial charge on any atom is -0.481 e. The summed E-state index contributed by atoms with van der Waals surface area (Å²) in [5, 5.41) is 53.0. The molecule has 12 amide bonds. The van der Waals surface area contributed by atoms with Crippen LogP contribution in [0.3, 0.4) is 0 Å². The molecule has 0 saturated carbocycles. The van der Waals surface area contributed by atoms with Gasteiger partial charge in [0.05, 0.1) is 42.6 Å². The maximum atomic E-state index is 12.4. The van der Waals surface area contributed by atoms with Gasteiger partial charge in [-0.25, -0.2) is 19.2 Å². The number of amides is 12. The van der Waals surface area contributed by atoms with Gasteiger partial charge in [0.15, 0.2) is 5.56 Å². The molecule has 39 heteroatoms. The van der Waals surface area contributed by atoms with Crippen LogP contribution >= 0.6 is 0 Å². The lowest BCUT2D eigenvalue weighted by Gasteiger charge is -2.27. The highest BCUT2D eigenvalue weighted by atomic mass is 16.6. The number of nitrogens with two attached hydrogens (primary N) is 4. The van der Waals surface area contributed by atoms with Gasteiger partial charge in [0.1, 0.15) is 35.3 Å². The van der Waals surface area contributed by atoms with E-state index in [1.807, 2.05) is 0 Å². The zero-order chi connectivity index (χ0) is 68.5. The van der Waals surface area contributed by atoms with Crippen molar-refractivity contribution in [2.45, 2.75) is 75.5 Å². The predicted octanol–water partition coefficient (Wildman–Crippen LogP) is -0.719. The number of carbonyl (C=O) groups excluding carboxylic acids is 15. The van der Waals surface area contributed by atoms with E-state index in [2.05, 4.69) is 31.6 Å². The number of benzene rings is 4. The molecule has 4 atom stereocenters. The molecule has 7 aliphatic rings. The summed E-state index contributed by atoms with van der Waals surface area (Å²) in [5.41, 5.74) is 17.1. The number of nitrogens with zero attached hydrogens (tertiary/aromatic N) is 6. The Morgan fingerprint density at radius 1 is 0.522 bits per heavy atom. The zero-order valence-corrected chi connectivity index (χ0v) is 46.5. The van der Waals surface area contributed by atoms with Gasteiger partial charge in [0.2, 0.25) is 23.6 Å². The number of ether oxygens (including phenoxy) is 2. The number of primary amides is 2. The van der Waals surface area contributed by atoms with Crippen molar-refractivity contribution in [1.29, 1.82) is 0 Å². The first-order valence-corrected chi connectivity index (χ1v) is 26.0. The number of anilines is 1. The van der Waals surface area contributed by atoms with E-state index in [0.717, 1.165) is 23.1 Å². The molecule has 4 aromatic carbocycles. The molecule has 4 aromatic rings. The first-order chi connectivity index (χ1) is 43.2. The second-order valence-corrected chi connectivity index (χ2v) is 19.3. The molecule has 12 N–H and O–H groups in total. The average Bonchev–Trinajstić information content (AvgIpc) is 1.63. The highest BCUT2D eigenvalue weighted by Gasteiger charge is 2.50. The fourth-order valence-electron chi connectivity index (χ4n) is 9.42. The number of rotatable bonds is 10. The number of fused-ring (bicyclic) bond motifs is 4. The molecule has 0 bridgehead atoms. The highest BCUT2D eigenvalue weighted by Crippen LogP contribution is 2.36. The van der Waals surface area contributed by atoms with Crippen molar-refractivity contribution < 1.29 is 116 Å². The average molecular weight is 1280 g/mol. The number of carboxylic acids is 2. The van der Waals surface area contributed by atoms with E-state index in [-0.39, 0.29) is 102 Å². The standard InChI is InChI=1S/C13H9N3O6.C13H11N3O4.C13H8N2O7.C8H3NO5.C5H9NO4.CH4N2O/c17-9-5-4-8(11(18)14-9)15-12(19)6-2-1-3-7(16(21)22)10(6)13(15)20;14-7-3-1-2-6-10(7)13(20)16(12(6)19)8-4-5-9(17)15-11(8)18;16-9-5-4-8(13(19)22-9)14-11(17)6-2-1-3-7(15(20)21)10(6)12(14)18;10-7-4-2-1-3-5(9(12)13)6(4)8(11)14-7;6-3(5(9)10)1-2-4(7)8;2-1(3)4/h1-3,8H,4-5H2,(H,14,17,18);1-3,8H,4-5,14H2,(H,15,17,18);1-3,8H,4-5H2;1-3H;3H,1-2,6H2,(H,7,8)(H,9,10);(H4,2,3,4). The summed E-state index contributed by atoms with van der Waals surface area (Å²) in [7, 11) is 0. The molecule has 0 aliphatic carbocycles. The number of urea groups is 1. The third-order valence-electron chi connectivity index (χ3n) is 13.5. The van der Waals surface area contributed by atoms with Crippen molar-refractivity contribution in [3.05, 3.63) is 148 Å². The van der Waals surface area contributed by atoms with E-state index in [1.54, 1.807) is 6.07 Å². The zero-order valence-electron chi connectivity index (χ0n) is 46.5. The van der Waals surface area contributed by atoms with E-state index < -0.39 is 157 Å². The van der Waals surface area contributed by atoms with Gasteiger partial charge >= 0.3 is 41.8 Å². The summed E-state index contributed by atoms with van der Waals surface area (Å²) < 4.78 is 8.67. The van der Waals surface area contributed by atoms with E-state index in [9.17, 15) is 107 Å². The number of imide groups is 5. The number of nitro groups is 3. The SMILES string of the molecule is NC(CCC(=O)O)C(=O)O.NC(N)=O.Nc1cccc2c1C(=O)N(C1CCC(=O)NC1=O)C2=O.O=C1CCC(N2C(=O)c3cccc([N+](=O)[O-])c3C2=O)C(=O)N1.O=C1CCC(N2C(=O)c3cccc([N+](=O)[O-])c3C2=O)C(=O)O1.O=C1OC(=O)c2c1cccc2[N+](=O)[O-]. The van der Waals surface area contributed by atoms with Crippen LogP contribution in [0.2, 0.25) is 0 Å². The largest absolute Gasteiger partial charge is 0.481 e. The molecular weight excluding hydrogens is 1240 g/mol. The maximum absolute atomic E-state index is 12.4. The summed E-state index contributed by atoms with van der Waals surface area (Å²) in [4.78, 5) is 226. The van der Waals surface area contributed by atoms with Crippen LogP contribution in [0.4, 0.5) is 27.5 Å². The third kappa shape index (κ3) is 14.5. The molecule has 478 valence electrons. The number of hydrogen-bond acceptors (Lipinski definition) is 27. The van der Waals surface area contributed by atoms with Gasteiger partial charge in [0, 0.05) is 49.6 Å². The lowest BCUT2D eigenvalue weighted by atomic mass is 10.0. The maximum Gasteiger partial charge on any atom is 0.353 e. The lowest BCUT2D eigenvalue weighted by Crippen LogP contribution is -2.54. The van der Waals surface area contributed by atoms with Crippen LogP contribution in [-0.4, -0.2) is 165 Å². The molecule has 39 nitrogen and oxygen atoms in total. The van der Waals surface area contributed by atoms with Crippen LogP contribution in [0.25, 0.3) is 0 Å². The van der Waals surface area contributed by atoms with Crippen LogP contribution < -0.4 is 33.6 Å². The Morgan fingerprint density at radius 2 is 0.891 bits per heavy atom. The van der Waals surface area contributed by atoms with Crippen molar-refractivity contribution in [2.75, 3.05) is 5.73 Å². The van der Waals surface area contributed by atoms with Crippen LogP contribution in [-0.2, 0) is 47.8 Å². The quantitative estimate of drug-likeness (QED) is 0.0243. The summed E-state index contributed by atoms with van der Waals surface area (Å²) in [6, 6.07) is 10.6. The Kier molecular flexibility index (Phi) is 20.9. The van der Waals surface area contributed by atoms with Gasteiger partial charge < -0.3 is 42.6 Å². The molecule has 3 fully saturated rings. The van der Waals surface area contributed by atoms with Crippen molar-refractivity contribution in [3.8, 4) is 0 Å². The summed E-state index contributed by atoms with van der Waals surface area (Å²) in [5.74, 6) is -12.5. The number of carboxylic acid groups (broad SMARTS) is 2. The fraction of sp³-hybridized carbons (Fsp3) is 0.226. The molecule has 92 heavy (non-hydrogen) atoms. The van der Waals surface area contributed by atoms with E-state index in [4.69, 9.17) is 26.5 Å². The van der Waals surface area contributed by atoms with Crippen LogP contribution in [0.15, 0.2) is 72.8 Å². The molecule has 7 aliphatic heterocycles. The first-order valence-electron chi connectivity index (χ1n) is 26.0. The van der Waals surface area contributed by atoms with Gasteiger partial charge in [-0.2, -0.15) is 0 Å². The number of esters is 4. The first kappa shape index (κ1) is 68.1. The van der Waals surface area contributed by atoms with Gasteiger partial charge in [-0.1, -0.05) is 24.3 Å². The number of nitrogens with one attached hydrogen (secondary N) is 2. The van der Waals surface area contributed by atoms with Crippen molar-refractivity contribution >= 4 is 124 Å². The Balaban J connectivity index is 0.000000184. The van der Waals surface area contributed by atoms with Gasteiger partial charge in [-0.3, -0.25) is 118 Å². The number of nitrogen functional groups attached to an aromatic ring is 1. The monoisotopic (exact) mass is 1280 g/mol. The summed E-state index contributed by atoms with van der Waals surface area (Å²) >= 11 is 0. The number of carbonyl (C=O) groups is 17. The molecule has 11 rings (SSSR count). The topological polar surface area (TPSA) is 616 Å². The van der Waals surface area contributed by atoms with Crippen LogP contribution in [0.1, 0.15) is 134 Å². The predicted molar refractivity (Wildman–Crippen MR) is 294 cm³/mol. The lowest BCUT2D eigenvalue weighted by molar-refractivity contribution is -0.385.